The molecule has 2 aromatic carbocycles. The topological polar surface area (TPSA) is 49.9 Å². The van der Waals surface area contributed by atoms with E-state index in [1.54, 1.807) is 34.7 Å². The van der Waals surface area contributed by atoms with Crippen LogP contribution in [0.5, 0.6) is 5.75 Å². The Labute approximate surface area is 168 Å². The van der Waals surface area contributed by atoms with E-state index in [0.717, 1.165) is 11.3 Å². The van der Waals surface area contributed by atoms with Crippen LogP contribution in [0.3, 0.4) is 0 Å². The maximum atomic E-state index is 13.4. The molecular weight excluding hydrogens is 379 g/mol. The normalized spacial score (nSPS) is 16.3. The van der Waals surface area contributed by atoms with Crippen LogP contribution in [0, 0.1) is 5.82 Å². The van der Waals surface area contributed by atoms with E-state index >= 15 is 0 Å². The van der Waals surface area contributed by atoms with Crippen molar-refractivity contribution in [1.29, 1.82) is 0 Å². The first-order valence-corrected chi connectivity index (χ1v) is 10.2. The lowest BCUT2D eigenvalue weighted by molar-refractivity contribution is -0.128. The Morgan fingerprint density at radius 3 is 2.79 bits per heavy atom. The minimum atomic E-state index is -0.440. The van der Waals surface area contributed by atoms with Crippen molar-refractivity contribution in [3.63, 3.8) is 0 Å². The first kappa shape index (κ1) is 20.2. The van der Waals surface area contributed by atoms with Crippen LogP contribution < -0.4 is 4.74 Å². The fourth-order valence-electron chi connectivity index (χ4n) is 3.26. The molecule has 1 fully saturated rings. The molecule has 7 heteroatoms. The first-order valence-electron chi connectivity index (χ1n) is 9.14. The summed E-state index contributed by atoms with van der Waals surface area (Å²) in [4.78, 5) is 28.6. The third-order valence-electron chi connectivity index (χ3n) is 4.72. The lowest BCUT2D eigenvalue weighted by Gasteiger charge is -2.29. The van der Waals surface area contributed by atoms with Gasteiger partial charge in [-0.1, -0.05) is 24.3 Å². The van der Waals surface area contributed by atoms with E-state index in [1.165, 1.54) is 18.2 Å². The highest BCUT2D eigenvalue weighted by Gasteiger charge is 2.34. The summed E-state index contributed by atoms with van der Waals surface area (Å²) in [5.74, 6) is 0.490. The molecule has 0 N–H and O–H groups in total. The maximum Gasteiger partial charge on any atom is 0.254 e. The number of amides is 2. The van der Waals surface area contributed by atoms with Crippen LogP contribution in [0.25, 0.3) is 0 Å². The molecule has 0 aromatic heterocycles. The molecule has 0 bridgehead atoms. The van der Waals surface area contributed by atoms with Crippen molar-refractivity contribution in [2.75, 3.05) is 32.5 Å². The molecule has 0 radical (unpaired) electrons. The van der Waals surface area contributed by atoms with Gasteiger partial charge in [-0.25, -0.2) is 4.39 Å². The molecule has 2 amide bonds. The zero-order valence-electron chi connectivity index (χ0n) is 15.9. The number of likely N-dealkylation sites (N-methyl/N-ethyl adjacent to an activating group) is 1. The second-order valence-corrected chi connectivity index (χ2v) is 7.46. The van der Waals surface area contributed by atoms with Crippen molar-refractivity contribution < 1.29 is 18.7 Å². The molecule has 2 aromatic rings. The summed E-state index contributed by atoms with van der Waals surface area (Å²) in [5.41, 5.74) is 1.26. The van der Waals surface area contributed by atoms with E-state index in [-0.39, 0.29) is 17.2 Å². The number of rotatable bonds is 7. The third kappa shape index (κ3) is 4.30. The fraction of sp³-hybridized carbons (Fsp3) is 0.333. The number of nitrogens with zero attached hydrogens (tertiary/aromatic N) is 2. The van der Waals surface area contributed by atoms with Gasteiger partial charge in [-0.3, -0.25) is 9.59 Å². The summed E-state index contributed by atoms with van der Waals surface area (Å²) < 4.78 is 18.9. The Bertz CT molecular complexity index is 861. The van der Waals surface area contributed by atoms with Crippen LogP contribution in [0.15, 0.2) is 48.5 Å². The number of carbonyl (C=O) groups is 2. The summed E-state index contributed by atoms with van der Waals surface area (Å²) in [6.07, 6.45) is 0. The van der Waals surface area contributed by atoms with E-state index in [0.29, 0.717) is 31.0 Å². The minimum absolute atomic E-state index is 0.0372. The molecule has 1 saturated heterocycles. The van der Waals surface area contributed by atoms with Gasteiger partial charge >= 0.3 is 0 Å². The standard InChI is InChI=1S/C21H23FN2O3S/c1-3-23(20(26)15-7-6-8-16(22)13-15)11-12-24-19(25)14-28-21(24)17-9-4-5-10-18(17)27-2/h4-10,13,21H,3,11-12,14H2,1-2H3. The lowest BCUT2D eigenvalue weighted by Crippen LogP contribution is -2.40. The van der Waals surface area contributed by atoms with Crippen molar-refractivity contribution in [3.8, 4) is 5.75 Å². The van der Waals surface area contributed by atoms with Crippen molar-refractivity contribution in [2.24, 2.45) is 0 Å². The smallest absolute Gasteiger partial charge is 0.254 e. The van der Waals surface area contributed by atoms with Crippen LogP contribution in [-0.4, -0.2) is 54.1 Å². The van der Waals surface area contributed by atoms with Crippen molar-refractivity contribution in [1.82, 2.24) is 9.80 Å². The molecule has 1 aliphatic heterocycles. The highest BCUT2D eigenvalue weighted by Crippen LogP contribution is 2.42. The van der Waals surface area contributed by atoms with Crippen molar-refractivity contribution >= 4 is 23.6 Å². The summed E-state index contributed by atoms with van der Waals surface area (Å²) >= 11 is 1.55. The number of carbonyl (C=O) groups excluding carboxylic acids is 2. The predicted octanol–water partition coefficient (Wildman–Crippen LogP) is 3.57. The van der Waals surface area contributed by atoms with Gasteiger partial charge in [0.1, 0.15) is 16.9 Å². The number of benzene rings is 2. The number of halogens is 1. The maximum absolute atomic E-state index is 13.4. The molecule has 148 valence electrons. The summed E-state index contributed by atoms with van der Waals surface area (Å²) in [6.45, 7) is 3.13. The Morgan fingerprint density at radius 2 is 2.07 bits per heavy atom. The fourth-order valence-corrected chi connectivity index (χ4v) is 4.50. The van der Waals surface area contributed by atoms with Crippen LogP contribution in [0.2, 0.25) is 0 Å². The van der Waals surface area contributed by atoms with Gasteiger partial charge in [-0.15, -0.1) is 11.8 Å². The van der Waals surface area contributed by atoms with Gasteiger partial charge in [0.2, 0.25) is 5.91 Å². The van der Waals surface area contributed by atoms with Crippen LogP contribution in [0.4, 0.5) is 4.39 Å². The summed E-state index contributed by atoms with van der Waals surface area (Å²) in [7, 11) is 1.61. The average molecular weight is 402 g/mol. The minimum Gasteiger partial charge on any atom is -0.496 e. The molecule has 1 heterocycles. The van der Waals surface area contributed by atoms with Gasteiger partial charge in [-0.2, -0.15) is 0 Å². The monoisotopic (exact) mass is 402 g/mol. The average Bonchev–Trinajstić information content (AvgIpc) is 3.08. The van der Waals surface area contributed by atoms with E-state index in [9.17, 15) is 14.0 Å². The largest absolute Gasteiger partial charge is 0.496 e. The molecule has 1 atom stereocenters. The molecule has 0 saturated carbocycles. The quantitative estimate of drug-likeness (QED) is 0.711. The van der Waals surface area contributed by atoms with Crippen molar-refractivity contribution in [2.45, 2.75) is 12.3 Å². The third-order valence-corrected chi connectivity index (χ3v) is 5.96. The highest BCUT2D eigenvalue weighted by molar-refractivity contribution is 8.00. The molecule has 28 heavy (non-hydrogen) atoms. The van der Waals surface area contributed by atoms with E-state index in [4.69, 9.17) is 4.74 Å². The number of thioether (sulfide) groups is 1. The van der Waals surface area contributed by atoms with Crippen molar-refractivity contribution in [3.05, 3.63) is 65.5 Å². The zero-order chi connectivity index (χ0) is 20.1. The number of hydrogen-bond acceptors (Lipinski definition) is 4. The Morgan fingerprint density at radius 1 is 1.29 bits per heavy atom. The second-order valence-electron chi connectivity index (χ2n) is 6.39. The Hall–Kier alpha value is -2.54. The molecule has 0 spiro atoms. The Kier molecular flexibility index (Phi) is 6.57. The van der Waals surface area contributed by atoms with Crippen LogP contribution >= 0.6 is 11.8 Å². The van der Waals surface area contributed by atoms with E-state index in [2.05, 4.69) is 0 Å². The molecular formula is C21H23FN2O3S. The molecule has 1 aliphatic rings. The molecule has 5 nitrogen and oxygen atoms in total. The first-order chi connectivity index (χ1) is 13.5. The predicted molar refractivity (Wildman–Crippen MR) is 108 cm³/mol. The molecule has 3 rings (SSSR count). The zero-order valence-corrected chi connectivity index (χ0v) is 16.7. The molecule has 1 unspecified atom stereocenters. The highest BCUT2D eigenvalue weighted by atomic mass is 32.2. The number of ether oxygens (including phenoxy) is 1. The summed E-state index contributed by atoms with van der Waals surface area (Å²) in [6, 6.07) is 13.3. The van der Waals surface area contributed by atoms with Gasteiger partial charge in [0.25, 0.3) is 5.91 Å². The molecule has 0 aliphatic carbocycles. The Balaban J connectivity index is 1.73. The van der Waals surface area contributed by atoms with Gasteiger partial charge in [0.15, 0.2) is 0 Å². The summed E-state index contributed by atoms with van der Waals surface area (Å²) in [5, 5.41) is -0.147. The van der Waals surface area contributed by atoms with E-state index in [1.807, 2.05) is 31.2 Å². The number of methoxy groups -OCH3 is 1. The van der Waals surface area contributed by atoms with E-state index < -0.39 is 5.82 Å². The van der Waals surface area contributed by atoms with Gasteiger partial charge < -0.3 is 14.5 Å². The van der Waals surface area contributed by atoms with Gasteiger partial charge in [0, 0.05) is 30.8 Å². The SMILES string of the molecule is CCN(CCN1C(=O)CSC1c1ccccc1OC)C(=O)c1cccc(F)c1. The van der Waals surface area contributed by atoms with Crippen LogP contribution in [-0.2, 0) is 4.79 Å². The van der Waals surface area contributed by atoms with Gasteiger partial charge in [-0.05, 0) is 31.2 Å². The van der Waals surface area contributed by atoms with Crippen LogP contribution in [0.1, 0.15) is 28.2 Å². The second kappa shape index (κ2) is 9.10. The number of hydrogen-bond donors (Lipinski definition) is 0. The van der Waals surface area contributed by atoms with Gasteiger partial charge in [0.05, 0.1) is 12.9 Å². The number of para-hydroxylation sites is 1. The lowest BCUT2D eigenvalue weighted by atomic mass is 10.1.